The van der Waals surface area contributed by atoms with Crippen molar-refractivity contribution in [1.82, 2.24) is 10.6 Å². The van der Waals surface area contributed by atoms with E-state index in [1.807, 2.05) is 6.92 Å². The number of phenols is 1. The number of esters is 1. The number of methoxy groups -OCH3 is 1. The number of carbonyl (C=O) groups excluding carboxylic acids is 2. The number of amides is 2. The van der Waals surface area contributed by atoms with Crippen molar-refractivity contribution in [2.45, 2.75) is 26.3 Å². The first-order valence-corrected chi connectivity index (χ1v) is 8.26. The second-order valence-corrected chi connectivity index (χ2v) is 5.91. The number of carbonyl (C=O) groups is 2. The lowest BCUT2D eigenvalue weighted by atomic mass is 9.94. The molecule has 1 aromatic carbocycles. The largest absolute Gasteiger partial charge is 0.503 e. The fourth-order valence-electron chi connectivity index (χ4n) is 2.52. The van der Waals surface area contributed by atoms with Crippen molar-refractivity contribution in [1.29, 1.82) is 0 Å². The Morgan fingerprint density at radius 2 is 2.08 bits per heavy atom. The van der Waals surface area contributed by atoms with Crippen LogP contribution in [0.1, 0.15) is 31.9 Å². The Morgan fingerprint density at radius 3 is 2.67 bits per heavy atom. The molecule has 0 saturated carbocycles. The summed E-state index contributed by atoms with van der Waals surface area (Å²) < 4.78 is 10.7. The number of ether oxygens (including phenoxy) is 2. The van der Waals surface area contributed by atoms with Crippen LogP contribution in [0.5, 0.6) is 11.5 Å². The summed E-state index contributed by atoms with van der Waals surface area (Å²) in [5, 5.41) is 15.4. The summed E-state index contributed by atoms with van der Waals surface area (Å²) in [6.07, 6.45) is 0.464. The average Bonchev–Trinajstić information content (AvgIpc) is 2.57. The van der Waals surface area contributed by atoms with Crippen LogP contribution in [0.15, 0.2) is 27.9 Å². The molecule has 3 N–H and O–H groups in total. The topological polar surface area (TPSA) is 96.9 Å². The van der Waals surface area contributed by atoms with Crippen molar-refractivity contribution >= 4 is 27.9 Å². The van der Waals surface area contributed by atoms with Crippen LogP contribution in [-0.4, -0.2) is 30.8 Å². The molecule has 0 bridgehead atoms. The van der Waals surface area contributed by atoms with E-state index in [-0.39, 0.29) is 11.5 Å². The predicted molar refractivity (Wildman–Crippen MR) is 90.7 cm³/mol. The van der Waals surface area contributed by atoms with Gasteiger partial charge in [-0.25, -0.2) is 9.59 Å². The molecule has 24 heavy (non-hydrogen) atoms. The Morgan fingerprint density at radius 1 is 1.38 bits per heavy atom. The maximum atomic E-state index is 12.2. The van der Waals surface area contributed by atoms with Gasteiger partial charge in [-0.05, 0) is 47.0 Å². The van der Waals surface area contributed by atoms with E-state index in [1.54, 1.807) is 19.1 Å². The highest BCUT2D eigenvalue weighted by Crippen LogP contribution is 2.39. The van der Waals surface area contributed by atoms with Gasteiger partial charge in [-0.1, -0.05) is 6.92 Å². The van der Waals surface area contributed by atoms with Gasteiger partial charge in [0, 0.05) is 5.70 Å². The third kappa shape index (κ3) is 3.48. The molecule has 130 valence electrons. The summed E-state index contributed by atoms with van der Waals surface area (Å²) in [6, 6.07) is 2.10. The Balaban J connectivity index is 2.59. The predicted octanol–water partition coefficient (Wildman–Crippen LogP) is 2.74. The Labute approximate surface area is 148 Å². The van der Waals surface area contributed by atoms with Gasteiger partial charge >= 0.3 is 12.0 Å². The molecule has 2 amide bonds. The van der Waals surface area contributed by atoms with Gasteiger partial charge in [-0.2, -0.15) is 0 Å². The summed E-state index contributed by atoms with van der Waals surface area (Å²) in [5.74, 6) is -0.316. The van der Waals surface area contributed by atoms with Crippen molar-refractivity contribution < 1.29 is 24.2 Å². The first kappa shape index (κ1) is 18.1. The zero-order valence-electron chi connectivity index (χ0n) is 13.6. The molecule has 0 radical (unpaired) electrons. The van der Waals surface area contributed by atoms with E-state index < -0.39 is 18.0 Å². The third-order valence-electron chi connectivity index (χ3n) is 3.60. The molecule has 1 aliphatic rings. The van der Waals surface area contributed by atoms with Crippen LogP contribution in [0, 0.1) is 0 Å². The SMILES string of the molecule is CCOc1cc(C2NC(=O)NC(CC)=C2C(=O)OC)cc(Br)c1O. The number of urea groups is 1. The highest BCUT2D eigenvalue weighted by atomic mass is 79.9. The van der Waals surface area contributed by atoms with Crippen LogP contribution in [-0.2, 0) is 9.53 Å². The van der Waals surface area contributed by atoms with Gasteiger partial charge < -0.3 is 25.2 Å². The first-order valence-electron chi connectivity index (χ1n) is 7.46. The van der Waals surface area contributed by atoms with Crippen molar-refractivity contribution in [3.8, 4) is 11.5 Å². The molecule has 1 aromatic rings. The normalized spacial score (nSPS) is 17.2. The van der Waals surface area contributed by atoms with Gasteiger partial charge in [-0.3, -0.25) is 0 Å². The lowest BCUT2D eigenvalue weighted by molar-refractivity contribution is -0.136. The molecule has 0 saturated heterocycles. The summed E-state index contributed by atoms with van der Waals surface area (Å²) in [4.78, 5) is 24.2. The second-order valence-electron chi connectivity index (χ2n) is 5.05. The fourth-order valence-corrected chi connectivity index (χ4v) is 2.98. The summed E-state index contributed by atoms with van der Waals surface area (Å²) in [7, 11) is 1.29. The van der Waals surface area contributed by atoms with Gasteiger partial charge in [0.2, 0.25) is 0 Å². The highest BCUT2D eigenvalue weighted by molar-refractivity contribution is 9.10. The standard InChI is InChI=1S/C16H19BrN2O5/c1-4-10-12(15(21)23-3)13(19-16(22)18-10)8-6-9(17)14(20)11(7-8)24-5-2/h6-7,13,20H,4-5H2,1-3H3,(H2,18,19,22). The molecule has 1 heterocycles. The number of rotatable bonds is 5. The van der Waals surface area contributed by atoms with Gasteiger partial charge in [0.15, 0.2) is 11.5 Å². The molecule has 2 rings (SSSR count). The van der Waals surface area contributed by atoms with Gasteiger partial charge in [0.25, 0.3) is 0 Å². The Hall–Kier alpha value is -2.22. The second kappa shape index (κ2) is 7.57. The number of aromatic hydroxyl groups is 1. The van der Waals surface area contributed by atoms with E-state index in [9.17, 15) is 14.7 Å². The highest BCUT2D eigenvalue weighted by Gasteiger charge is 2.33. The molecule has 0 aliphatic carbocycles. The lowest BCUT2D eigenvalue weighted by Crippen LogP contribution is -2.45. The van der Waals surface area contributed by atoms with Crippen molar-refractivity contribution in [2.24, 2.45) is 0 Å². The van der Waals surface area contributed by atoms with E-state index in [0.29, 0.717) is 34.3 Å². The minimum atomic E-state index is -0.711. The Bertz CT molecular complexity index is 702. The van der Waals surface area contributed by atoms with Crippen molar-refractivity contribution in [2.75, 3.05) is 13.7 Å². The third-order valence-corrected chi connectivity index (χ3v) is 4.20. The molecule has 8 heteroatoms. The molecule has 7 nitrogen and oxygen atoms in total. The molecule has 1 aliphatic heterocycles. The monoisotopic (exact) mass is 398 g/mol. The number of hydrogen-bond donors (Lipinski definition) is 3. The smallest absolute Gasteiger partial charge is 0.337 e. The van der Waals surface area contributed by atoms with Crippen molar-refractivity contribution in [3.05, 3.63) is 33.4 Å². The minimum Gasteiger partial charge on any atom is -0.503 e. The van der Waals surface area contributed by atoms with E-state index in [2.05, 4.69) is 26.6 Å². The molecule has 0 fully saturated rings. The van der Waals surface area contributed by atoms with E-state index in [4.69, 9.17) is 9.47 Å². The van der Waals surface area contributed by atoms with Crippen molar-refractivity contribution in [3.63, 3.8) is 0 Å². The number of halogens is 1. The van der Waals surface area contributed by atoms with Crippen LogP contribution in [0.25, 0.3) is 0 Å². The molecule has 0 aromatic heterocycles. The minimum absolute atomic E-state index is 0.0415. The quantitative estimate of drug-likeness (QED) is 0.662. The molecule has 0 spiro atoms. The first-order chi connectivity index (χ1) is 11.4. The zero-order chi connectivity index (χ0) is 17.9. The lowest BCUT2D eigenvalue weighted by Gasteiger charge is -2.29. The summed E-state index contributed by atoms with van der Waals surface area (Å²) >= 11 is 3.26. The fraction of sp³-hybridized carbons (Fsp3) is 0.375. The number of nitrogens with one attached hydrogen (secondary N) is 2. The van der Waals surface area contributed by atoms with Crippen LogP contribution in [0.3, 0.4) is 0 Å². The van der Waals surface area contributed by atoms with Crippen LogP contribution < -0.4 is 15.4 Å². The van der Waals surface area contributed by atoms with Crippen LogP contribution >= 0.6 is 15.9 Å². The average molecular weight is 399 g/mol. The van der Waals surface area contributed by atoms with Crippen LogP contribution in [0.4, 0.5) is 4.79 Å². The van der Waals surface area contributed by atoms with Gasteiger partial charge in [-0.15, -0.1) is 0 Å². The Kier molecular flexibility index (Phi) is 5.71. The molecular weight excluding hydrogens is 380 g/mol. The maximum absolute atomic E-state index is 12.2. The molecule has 1 unspecified atom stereocenters. The van der Waals surface area contributed by atoms with Crippen LogP contribution in [0.2, 0.25) is 0 Å². The summed E-state index contributed by atoms with van der Waals surface area (Å²) in [6.45, 7) is 3.99. The van der Waals surface area contributed by atoms with E-state index >= 15 is 0 Å². The number of phenolic OH excluding ortho intramolecular Hbond substituents is 1. The van der Waals surface area contributed by atoms with E-state index in [0.717, 1.165) is 0 Å². The number of allylic oxidation sites excluding steroid dienone is 1. The maximum Gasteiger partial charge on any atom is 0.337 e. The number of benzene rings is 1. The molecule has 1 atom stereocenters. The zero-order valence-corrected chi connectivity index (χ0v) is 15.2. The van der Waals surface area contributed by atoms with Gasteiger partial charge in [0.05, 0.1) is 29.8 Å². The van der Waals surface area contributed by atoms with E-state index in [1.165, 1.54) is 7.11 Å². The van der Waals surface area contributed by atoms with Gasteiger partial charge in [0.1, 0.15) is 0 Å². The molecular formula is C16H19BrN2O5. The summed E-state index contributed by atoms with van der Waals surface area (Å²) in [5.41, 5.74) is 1.40. The number of hydrogen-bond acceptors (Lipinski definition) is 5.